The molecule has 1 saturated carbocycles. The molecule has 2 rings (SSSR count). The van der Waals surface area contributed by atoms with Gasteiger partial charge in [-0.1, -0.05) is 19.8 Å². The molecule has 0 atom stereocenters. The lowest BCUT2D eigenvalue weighted by Gasteiger charge is -2.31. The van der Waals surface area contributed by atoms with E-state index in [2.05, 4.69) is 40.8 Å². The zero-order chi connectivity index (χ0) is 17.1. The van der Waals surface area contributed by atoms with Crippen molar-refractivity contribution in [3.8, 4) is 0 Å². The van der Waals surface area contributed by atoms with Crippen molar-refractivity contribution in [3.05, 3.63) is 33.6 Å². The zero-order valence-corrected chi connectivity index (χ0v) is 16.4. The fourth-order valence-electron chi connectivity index (χ4n) is 3.52. The Morgan fingerprint density at radius 2 is 1.87 bits per heavy atom. The lowest BCUT2D eigenvalue weighted by atomic mass is 9.75. The van der Waals surface area contributed by atoms with Gasteiger partial charge in [-0.25, -0.2) is 4.98 Å². The SMILES string of the molecule is C/C(C(=O)N(C)C)=C(\c1cc(Br)ncc1C)C1CCC(C)CC1. The number of aromatic nitrogens is 1. The molecule has 126 valence electrons. The largest absolute Gasteiger partial charge is 0.345 e. The maximum Gasteiger partial charge on any atom is 0.249 e. The van der Waals surface area contributed by atoms with E-state index < -0.39 is 0 Å². The van der Waals surface area contributed by atoms with Crippen LogP contribution in [0.1, 0.15) is 50.7 Å². The van der Waals surface area contributed by atoms with E-state index in [9.17, 15) is 4.79 Å². The van der Waals surface area contributed by atoms with Crippen LogP contribution < -0.4 is 0 Å². The highest BCUT2D eigenvalue weighted by Gasteiger charge is 2.27. The third kappa shape index (κ3) is 4.23. The highest BCUT2D eigenvalue weighted by atomic mass is 79.9. The number of nitrogens with zero attached hydrogens (tertiary/aromatic N) is 2. The Bertz CT molecular complexity index is 614. The fraction of sp³-hybridized carbons (Fsp3) is 0.579. The van der Waals surface area contributed by atoms with Crippen LogP contribution in [0.5, 0.6) is 0 Å². The first kappa shape index (κ1) is 18.2. The molecule has 0 N–H and O–H groups in total. The Labute approximate surface area is 148 Å². The van der Waals surface area contributed by atoms with Crippen LogP contribution in [0, 0.1) is 18.8 Å². The van der Waals surface area contributed by atoms with E-state index in [4.69, 9.17) is 0 Å². The van der Waals surface area contributed by atoms with Gasteiger partial charge < -0.3 is 4.90 Å². The molecule has 0 spiro atoms. The lowest BCUT2D eigenvalue weighted by Crippen LogP contribution is -2.25. The number of aryl methyl sites for hydroxylation is 1. The van der Waals surface area contributed by atoms with Gasteiger partial charge in [-0.3, -0.25) is 4.79 Å². The molecule has 1 fully saturated rings. The molecule has 1 heterocycles. The second-order valence-corrected chi connectivity index (χ2v) is 7.83. The summed E-state index contributed by atoms with van der Waals surface area (Å²) in [6, 6.07) is 2.06. The maximum atomic E-state index is 12.6. The number of amides is 1. The van der Waals surface area contributed by atoms with E-state index >= 15 is 0 Å². The number of allylic oxidation sites excluding steroid dienone is 1. The minimum absolute atomic E-state index is 0.103. The molecule has 1 aliphatic carbocycles. The highest BCUT2D eigenvalue weighted by Crippen LogP contribution is 2.40. The van der Waals surface area contributed by atoms with Gasteiger partial charge >= 0.3 is 0 Å². The Hall–Kier alpha value is -1.16. The summed E-state index contributed by atoms with van der Waals surface area (Å²) in [6.07, 6.45) is 6.69. The topological polar surface area (TPSA) is 33.2 Å². The number of likely N-dealkylation sites (N-methyl/N-ethyl adjacent to an activating group) is 1. The average Bonchev–Trinajstić information content (AvgIpc) is 2.51. The molecule has 23 heavy (non-hydrogen) atoms. The minimum Gasteiger partial charge on any atom is -0.345 e. The average molecular weight is 379 g/mol. The number of pyridine rings is 1. The number of halogens is 1. The van der Waals surface area contributed by atoms with Crippen LogP contribution in [0.4, 0.5) is 0 Å². The van der Waals surface area contributed by atoms with Crippen molar-refractivity contribution in [2.75, 3.05) is 14.1 Å². The van der Waals surface area contributed by atoms with Gasteiger partial charge in [-0.2, -0.15) is 0 Å². The summed E-state index contributed by atoms with van der Waals surface area (Å²) in [4.78, 5) is 18.6. The highest BCUT2D eigenvalue weighted by molar-refractivity contribution is 9.10. The second kappa shape index (κ2) is 7.61. The van der Waals surface area contributed by atoms with Gasteiger partial charge in [0, 0.05) is 25.9 Å². The van der Waals surface area contributed by atoms with Crippen molar-refractivity contribution in [1.82, 2.24) is 9.88 Å². The molecule has 0 bridgehead atoms. The summed E-state index contributed by atoms with van der Waals surface area (Å²) >= 11 is 3.48. The van der Waals surface area contributed by atoms with Crippen LogP contribution >= 0.6 is 15.9 Å². The van der Waals surface area contributed by atoms with Crippen molar-refractivity contribution in [1.29, 1.82) is 0 Å². The quantitative estimate of drug-likeness (QED) is 0.556. The number of carbonyl (C=O) groups is 1. The molecular weight excluding hydrogens is 352 g/mol. The first-order chi connectivity index (χ1) is 10.8. The van der Waals surface area contributed by atoms with Crippen LogP contribution in [0.3, 0.4) is 0 Å². The van der Waals surface area contributed by atoms with E-state index in [0.29, 0.717) is 5.92 Å². The summed E-state index contributed by atoms with van der Waals surface area (Å²) in [7, 11) is 3.64. The van der Waals surface area contributed by atoms with Crippen LogP contribution in [0.2, 0.25) is 0 Å². The number of rotatable bonds is 3. The summed E-state index contributed by atoms with van der Waals surface area (Å²) < 4.78 is 0.824. The van der Waals surface area contributed by atoms with Gasteiger partial charge in [0.25, 0.3) is 0 Å². The third-order valence-corrected chi connectivity index (χ3v) is 5.35. The molecule has 4 heteroatoms. The summed E-state index contributed by atoms with van der Waals surface area (Å²) in [5, 5.41) is 0. The monoisotopic (exact) mass is 378 g/mol. The van der Waals surface area contributed by atoms with Crippen molar-refractivity contribution in [2.24, 2.45) is 11.8 Å². The second-order valence-electron chi connectivity index (χ2n) is 7.02. The van der Waals surface area contributed by atoms with Crippen LogP contribution in [-0.2, 0) is 4.79 Å². The fourth-order valence-corrected chi connectivity index (χ4v) is 3.85. The normalized spacial score (nSPS) is 22.5. The smallest absolute Gasteiger partial charge is 0.249 e. The predicted octanol–water partition coefficient (Wildman–Crippen LogP) is 4.84. The van der Waals surface area contributed by atoms with E-state index in [1.807, 2.05) is 27.2 Å². The molecule has 0 aromatic carbocycles. The molecular formula is C19H27BrN2O. The molecule has 1 amide bonds. The van der Waals surface area contributed by atoms with E-state index in [1.165, 1.54) is 24.0 Å². The minimum atomic E-state index is 0.103. The first-order valence-corrected chi connectivity index (χ1v) is 9.15. The van der Waals surface area contributed by atoms with E-state index in [-0.39, 0.29) is 5.91 Å². The van der Waals surface area contributed by atoms with Gasteiger partial charge in [-0.05, 0) is 77.2 Å². The van der Waals surface area contributed by atoms with Gasteiger partial charge in [-0.15, -0.1) is 0 Å². The maximum absolute atomic E-state index is 12.6. The third-order valence-electron chi connectivity index (χ3n) is 4.92. The standard InChI is InChI=1S/C19H27BrN2O/c1-12-6-8-15(9-7-12)18(14(3)19(23)22(4)5)16-10-17(20)21-11-13(16)2/h10-12,15H,6-9H2,1-5H3/b18-14+. The molecule has 0 radical (unpaired) electrons. The predicted molar refractivity (Wildman–Crippen MR) is 99.1 cm³/mol. The first-order valence-electron chi connectivity index (χ1n) is 8.36. The van der Waals surface area contributed by atoms with Crippen molar-refractivity contribution in [2.45, 2.75) is 46.5 Å². The number of hydrogen-bond acceptors (Lipinski definition) is 2. The Morgan fingerprint density at radius 3 is 2.43 bits per heavy atom. The summed E-state index contributed by atoms with van der Waals surface area (Å²) in [6.45, 7) is 6.38. The molecule has 1 aromatic heterocycles. The Morgan fingerprint density at radius 1 is 1.26 bits per heavy atom. The van der Waals surface area contributed by atoms with Crippen molar-refractivity contribution < 1.29 is 4.79 Å². The van der Waals surface area contributed by atoms with Crippen LogP contribution in [-0.4, -0.2) is 29.9 Å². The van der Waals surface area contributed by atoms with E-state index in [0.717, 1.165) is 34.5 Å². The van der Waals surface area contributed by atoms with Crippen molar-refractivity contribution >= 4 is 27.4 Å². The van der Waals surface area contributed by atoms with Gasteiger partial charge in [0.05, 0.1) is 0 Å². The van der Waals surface area contributed by atoms with Crippen LogP contribution in [0.25, 0.3) is 5.57 Å². The summed E-state index contributed by atoms with van der Waals surface area (Å²) in [5.41, 5.74) is 4.39. The van der Waals surface area contributed by atoms with E-state index in [1.54, 1.807) is 4.90 Å². The molecule has 0 unspecified atom stereocenters. The van der Waals surface area contributed by atoms with Gasteiger partial charge in [0.15, 0.2) is 0 Å². The van der Waals surface area contributed by atoms with Gasteiger partial charge in [0.1, 0.15) is 4.60 Å². The molecule has 1 aromatic rings. The number of carbonyl (C=O) groups excluding carboxylic acids is 1. The lowest BCUT2D eigenvalue weighted by molar-refractivity contribution is -0.124. The zero-order valence-electron chi connectivity index (χ0n) is 14.8. The Kier molecular flexibility index (Phi) is 6.01. The molecule has 3 nitrogen and oxygen atoms in total. The number of hydrogen-bond donors (Lipinski definition) is 0. The van der Waals surface area contributed by atoms with Crippen molar-refractivity contribution in [3.63, 3.8) is 0 Å². The molecule has 0 aliphatic heterocycles. The summed E-state index contributed by atoms with van der Waals surface area (Å²) in [5.74, 6) is 1.36. The molecule has 0 saturated heterocycles. The molecule has 1 aliphatic rings. The van der Waals surface area contributed by atoms with Crippen LogP contribution in [0.15, 0.2) is 22.4 Å². The Balaban J connectivity index is 2.53. The van der Waals surface area contributed by atoms with Gasteiger partial charge in [0.2, 0.25) is 5.91 Å².